The van der Waals surface area contributed by atoms with Crippen molar-refractivity contribution in [3.63, 3.8) is 0 Å². The molecule has 112 valence electrons. The minimum absolute atomic E-state index is 0.164. The van der Waals surface area contributed by atoms with Crippen LogP contribution in [-0.4, -0.2) is 31.7 Å². The van der Waals surface area contributed by atoms with Gasteiger partial charge in [-0.3, -0.25) is 4.79 Å². The number of anilines is 2. The molecule has 1 aromatic heterocycles. The number of benzene rings is 1. The first kappa shape index (κ1) is 15.3. The molecule has 0 aliphatic rings. The van der Waals surface area contributed by atoms with E-state index in [9.17, 15) is 9.90 Å². The number of nitrogens with one attached hydrogen (secondary N) is 1. The Kier molecular flexibility index (Phi) is 4.82. The molecule has 2 rings (SSSR count). The van der Waals surface area contributed by atoms with Gasteiger partial charge in [-0.05, 0) is 40.6 Å². The number of rotatable bonds is 5. The van der Waals surface area contributed by atoms with Crippen LogP contribution in [0.2, 0.25) is 0 Å². The van der Waals surface area contributed by atoms with Gasteiger partial charge in [0.1, 0.15) is 0 Å². The van der Waals surface area contributed by atoms with Crippen LogP contribution in [0.3, 0.4) is 0 Å². The van der Waals surface area contributed by atoms with Crippen molar-refractivity contribution in [1.82, 2.24) is 5.32 Å². The lowest BCUT2D eigenvalue weighted by Crippen LogP contribution is -2.29. The lowest BCUT2D eigenvalue weighted by molar-refractivity contribution is 0.0917. The highest BCUT2D eigenvalue weighted by Crippen LogP contribution is 2.22. The Morgan fingerprint density at radius 1 is 1.43 bits per heavy atom. The number of nitrogens with two attached hydrogens (primary N) is 1. The second kappa shape index (κ2) is 6.60. The molecule has 21 heavy (non-hydrogen) atoms. The molecule has 1 heterocycles. The summed E-state index contributed by atoms with van der Waals surface area (Å²) in [4.78, 5) is 14.1. The number of hydrogen-bond acceptors (Lipinski definition) is 5. The first-order chi connectivity index (χ1) is 9.99. The molecule has 0 radical (unpaired) electrons. The second-order valence-electron chi connectivity index (χ2n) is 4.95. The topological polar surface area (TPSA) is 78.6 Å². The van der Waals surface area contributed by atoms with Gasteiger partial charge in [0.15, 0.2) is 0 Å². The van der Waals surface area contributed by atoms with Crippen LogP contribution in [0.1, 0.15) is 22.0 Å². The van der Waals surface area contributed by atoms with Crippen LogP contribution in [0.5, 0.6) is 0 Å². The third-order valence-corrected chi connectivity index (χ3v) is 3.83. The Morgan fingerprint density at radius 2 is 2.19 bits per heavy atom. The first-order valence-corrected chi connectivity index (χ1v) is 7.48. The number of nitrogens with zero attached hydrogens (tertiary/aromatic N) is 1. The Morgan fingerprint density at radius 3 is 2.81 bits per heavy atom. The molecule has 0 saturated heterocycles. The van der Waals surface area contributed by atoms with Crippen LogP contribution in [0.15, 0.2) is 35.0 Å². The standard InChI is InChI=1S/C15H19N3O2S/c1-18(2)13-4-3-11(16)7-12(13)15(20)17-8-14(19)10-5-6-21-9-10/h3-7,9,14,19H,8,16H2,1-2H3,(H,17,20). The average molecular weight is 305 g/mol. The smallest absolute Gasteiger partial charge is 0.253 e. The van der Waals surface area contributed by atoms with E-state index in [-0.39, 0.29) is 12.5 Å². The van der Waals surface area contributed by atoms with E-state index < -0.39 is 6.10 Å². The summed E-state index contributed by atoms with van der Waals surface area (Å²) in [7, 11) is 3.73. The highest BCUT2D eigenvalue weighted by Gasteiger charge is 2.15. The molecule has 1 unspecified atom stereocenters. The number of thiophene rings is 1. The van der Waals surface area contributed by atoms with Crippen LogP contribution < -0.4 is 16.0 Å². The summed E-state index contributed by atoms with van der Waals surface area (Å²) in [5, 5.41) is 16.5. The van der Waals surface area contributed by atoms with Crippen LogP contribution >= 0.6 is 11.3 Å². The fourth-order valence-electron chi connectivity index (χ4n) is 1.99. The molecule has 2 aromatic rings. The zero-order chi connectivity index (χ0) is 15.4. The van der Waals surface area contributed by atoms with Crippen LogP contribution in [0.25, 0.3) is 0 Å². The van der Waals surface area contributed by atoms with Crippen LogP contribution in [0, 0.1) is 0 Å². The van der Waals surface area contributed by atoms with E-state index in [1.54, 1.807) is 18.2 Å². The van der Waals surface area contributed by atoms with Gasteiger partial charge < -0.3 is 21.1 Å². The first-order valence-electron chi connectivity index (χ1n) is 6.54. The predicted molar refractivity (Wildman–Crippen MR) is 86.8 cm³/mol. The lowest BCUT2D eigenvalue weighted by Gasteiger charge is -2.18. The SMILES string of the molecule is CN(C)c1ccc(N)cc1C(=O)NCC(O)c1ccsc1. The fourth-order valence-corrected chi connectivity index (χ4v) is 2.70. The van der Waals surface area contributed by atoms with Crippen molar-refractivity contribution in [2.24, 2.45) is 0 Å². The van der Waals surface area contributed by atoms with Crippen molar-refractivity contribution >= 4 is 28.6 Å². The molecule has 6 heteroatoms. The van der Waals surface area contributed by atoms with Crippen molar-refractivity contribution < 1.29 is 9.90 Å². The van der Waals surface area contributed by atoms with Crippen molar-refractivity contribution in [1.29, 1.82) is 0 Å². The molecular weight excluding hydrogens is 286 g/mol. The van der Waals surface area contributed by atoms with E-state index in [1.165, 1.54) is 11.3 Å². The van der Waals surface area contributed by atoms with E-state index in [4.69, 9.17) is 5.73 Å². The summed E-state index contributed by atoms with van der Waals surface area (Å²) in [5.41, 5.74) is 8.37. The van der Waals surface area contributed by atoms with Gasteiger partial charge in [-0.15, -0.1) is 0 Å². The number of nitrogen functional groups attached to an aromatic ring is 1. The number of carbonyl (C=O) groups excluding carboxylic acids is 1. The molecule has 0 bridgehead atoms. The maximum Gasteiger partial charge on any atom is 0.253 e. The monoisotopic (exact) mass is 305 g/mol. The summed E-state index contributed by atoms with van der Waals surface area (Å²) >= 11 is 1.51. The average Bonchev–Trinajstić information content (AvgIpc) is 2.98. The van der Waals surface area contributed by atoms with Crippen molar-refractivity contribution in [2.45, 2.75) is 6.10 Å². The normalized spacial score (nSPS) is 12.0. The zero-order valence-corrected chi connectivity index (χ0v) is 12.9. The van der Waals surface area contributed by atoms with E-state index in [0.717, 1.165) is 11.3 Å². The minimum atomic E-state index is -0.705. The van der Waals surface area contributed by atoms with Gasteiger partial charge >= 0.3 is 0 Å². The highest BCUT2D eigenvalue weighted by molar-refractivity contribution is 7.07. The number of carbonyl (C=O) groups is 1. The van der Waals surface area contributed by atoms with Crippen molar-refractivity contribution in [3.05, 3.63) is 46.2 Å². The molecule has 0 saturated carbocycles. The van der Waals surface area contributed by atoms with E-state index in [0.29, 0.717) is 11.3 Å². The molecule has 0 fully saturated rings. The van der Waals surface area contributed by atoms with Gasteiger partial charge in [0.05, 0.1) is 11.7 Å². The Balaban J connectivity index is 2.08. The summed E-state index contributed by atoms with van der Waals surface area (Å²) < 4.78 is 0. The Labute approximate surface area is 128 Å². The molecule has 4 N–H and O–H groups in total. The molecule has 1 atom stereocenters. The fraction of sp³-hybridized carbons (Fsp3) is 0.267. The van der Waals surface area contributed by atoms with Crippen LogP contribution in [-0.2, 0) is 0 Å². The third-order valence-electron chi connectivity index (χ3n) is 3.13. The molecular formula is C15H19N3O2S. The minimum Gasteiger partial charge on any atom is -0.399 e. The number of amides is 1. The van der Waals surface area contributed by atoms with Crippen molar-refractivity contribution in [3.8, 4) is 0 Å². The van der Waals surface area contributed by atoms with Gasteiger partial charge in [-0.1, -0.05) is 0 Å². The molecule has 5 nitrogen and oxygen atoms in total. The predicted octanol–water partition coefficient (Wildman–Crippen LogP) is 1.86. The van der Waals surface area contributed by atoms with E-state index in [2.05, 4.69) is 5.32 Å². The summed E-state index contributed by atoms with van der Waals surface area (Å²) in [6.07, 6.45) is -0.705. The number of aliphatic hydroxyl groups excluding tert-OH is 1. The van der Waals surface area contributed by atoms with Crippen LogP contribution in [0.4, 0.5) is 11.4 Å². The second-order valence-corrected chi connectivity index (χ2v) is 5.73. The van der Waals surface area contributed by atoms with E-state index in [1.807, 2.05) is 35.8 Å². The number of hydrogen-bond donors (Lipinski definition) is 3. The lowest BCUT2D eigenvalue weighted by atomic mass is 10.1. The summed E-state index contributed by atoms with van der Waals surface area (Å²) in [6.45, 7) is 0.164. The maximum absolute atomic E-state index is 12.3. The highest BCUT2D eigenvalue weighted by atomic mass is 32.1. The molecule has 0 aliphatic carbocycles. The Bertz CT molecular complexity index is 611. The Hall–Kier alpha value is -2.05. The van der Waals surface area contributed by atoms with Gasteiger partial charge in [0.25, 0.3) is 5.91 Å². The van der Waals surface area contributed by atoms with Crippen molar-refractivity contribution in [2.75, 3.05) is 31.3 Å². The molecule has 0 spiro atoms. The summed E-state index contributed by atoms with van der Waals surface area (Å²) in [6, 6.07) is 7.04. The largest absolute Gasteiger partial charge is 0.399 e. The molecule has 0 aliphatic heterocycles. The van der Waals surface area contributed by atoms with E-state index >= 15 is 0 Å². The van der Waals surface area contributed by atoms with Gasteiger partial charge in [0.2, 0.25) is 0 Å². The van der Waals surface area contributed by atoms with Gasteiger partial charge in [-0.25, -0.2) is 0 Å². The van der Waals surface area contributed by atoms with Gasteiger partial charge in [-0.2, -0.15) is 11.3 Å². The number of aliphatic hydroxyl groups is 1. The third kappa shape index (κ3) is 3.74. The molecule has 1 aromatic carbocycles. The zero-order valence-electron chi connectivity index (χ0n) is 12.0. The summed E-state index contributed by atoms with van der Waals surface area (Å²) in [5.74, 6) is -0.250. The molecule has 1 amide bonds. The quantitative estimate of drug-likeness (QED) is 0.737. The van der Waals surface area contributed by atoms with Gasteiger partial charge in [0, 0.05) is 32.0 Å². The maximum atomic E-state index is 12.3.